The SMILES string of the molecule is COc1cccc(C[NH2+]CCC[NH+]2CCOCC2)c1OC. The molecule has 0 radical (unpaired) electrons. The number of rotatable bonds is 8. The maximum Gasteiger partial charge on any atom is 0.169 e. The molecule has 1 fully saturated rings. The maximum absolute atomic E-state index is 5.46. The predicted octanol–water partition coefficient (Wildman–Crippen LogP) is -0.928. The smallest absolute Gasteiger partial charge is 0.169 e. The lowest BCUT2D eigenvalue weighted by Gasteiger charge is -2.23. The molecule has 1 aromatic rings. The Balaban J connectivity index is 1.70. The highest BCUT2D eigenvalue weighted by Crippen LogP contribution is 2.29. The van der Waals surface area contributed by atoms with Crippen LogP contribution in [-0.2, 0) is 11.3 Å². The largest absolute Gasteiger partial charge is 0.493 e. The van der Waals surface area contributed by atoms with Gasteiger partial charge in [0.05, 0.1) is 46.1 Å². The van der Waals surface area contributed by atoms with Crippen LogP contribution in [0.5, 0.6) is 11.5 Å². The van der Waals surface area contributed by atoms with Crippen molar-refractivity contribution in [2.75, 3.05) is 53.6 Å². The molecule has 21 heavy (non-hydrogen) atoms. The van der Waals surface area contributed by atoms with Gasteiger partial charge in [-0.1, -0.05) is 6.07 Å². The lowest BCUT2D eigenvalue weighted by atomic mass is 10.2. The van der Waals surface area contributed by atoms with Gasteiger partial charge in [-0.3, -0.25) is 0 Å². The van der Waals surface area contributed by atoms with Crippen molar-refractivity contribution in [1.29, 1.82) is 0 Å². The normalized spacial score (nSPS) is 15.9. The minimum Gasteiger partial charge on any atom is -0.493 e. The van der Waals surface area contributed by atoms with E-state index in [2.05, 4.69) is 11.4 Å². The Morgan fingerprint density at radius 1 is 1.19 bits per heavy atom. The number of morpholine rings is 1. The van der Waals surface area contributed by atoms with Gasteiger partial charge in [0, 0.05) is 6.42 Å². The Labute approximate surface area is 127 Å². The first-order chi connectivity index (χ1) is 10.3. The fraction of sp³-hybridized carbons (Fsp3) is 0.625. The molecule has 1 aromatic carbocycles. The van der Waals surface area contributed by atoms with Crippen LogP contribution in [0, 0.1) is 0 Å². The van der Waals surface area contributed by atoms with Crippen LogP contribution in [0.15, 0.2) is 18.2 Å². The number of para-hydroxylation sites is 1. The number of nitrogens with two attached hydrogens (primary N) is 1. The summed E-state index contributed by atoms with van der Waals surface area (Å²) >= 11 is 0. The first-order valence-corrected chi connectivity index (χ1v) is 7.78. The number of methoxy groups -OCH3 is 2. The lowest BCUT2D eigenvalue weighted by Crippen LogP contribution is -3.14. The van der Waals surface area contributed by atoms with Crippen LogP contribution < -0.4 is 19.7 Å². The average molecular weight is 296 g/mol. The van der Waals surface area contributed by atoms with Gasteiger partial charge < -0.3 is 24.4 Å². The lowest BCUT2D eigenvalue weighted by molar-refractivity contribution is -0.909. The summed E-state index contributed by atoms with van der Waals surface area (Å²) < 4.78 is 16.2. The van der Waals surface area contributed by atoms with E-state index in [1.807, 2.05) is 12.1 Å². The van der Waals surface area contributed by atoms with Crippen LogP contribution in [0.1, 0.15) is 12.0 Å². The molecule has 5 nitrogen and oxygen atoms in total. The highest BCUT2D eigenvalue weighted by molar-refractivity contribution is 5.46. The van der Waals surface area contributed by atoms with Gasteiger partial charge in [0.1, 0.15) is 19.6 Å². The summed E-state index contributed by atoms with van der Waals surface area (Å²) in [5.41, 5.74) is 1.19. The molecular formula is C16H28N2O3+2. The van der Waals surface area contributed by atoms with Crippen molar-refractivity contribution in [3.63, 3.8) is 0 Å². The minimum atomic E-state index is 0.807. The zero-order chi connectivity index (χ0) is 14.9. The van der Waals surface area contributed by atoms with Crippen LogP contribution in [0.3, 0.4) is 0 Å². The average Bonchev–Trinajstić information content (AvgIpc) is 2.55. The van der Waals surface area contributed by atoms with Crippen molar-refractivity contribution >= 4 is 0 Å². The molecule has 0 atom stereocenters. The molecule has 0 unspecified atom stereocenters. The first-order valence-electron chi connectivity index (χ1n) is 7.78. The number of quaternary nitrogens is 2. The fourth-order valence-electron chi connectivity index (χ4n) is 2.78. The van der Waals surface area contributed by atoms with Crippen LogP contribution >= 0.6 is 0 Å². The van der Waals surface area contributed by atoms with Gasteiger partial charge in [0.25, 0.3) is 0 Å². The summed E-state index contributed by atoms with van der Waals surface area (Å²) in [7, 11) is 3.37. The van der Waals surface area contributed by atoms with E-state index in [0.717, 1.165) is 50.9 Å². The Bertz CT molecular complexity index is 420. The Morgan fingerprint density at radius 2 is 2.00 bits per heavy atom. The number of benzene rings is 1. The molecular weight excluding hydrogens is 268 g/mol. The Hall–Kier alpha value is -1.30. The third-order valence-corrected chi connectivity index (χ3v) is 3.99. The van der Waals surface area contributed by atoms with Gasteiger partial charge in [-0.15, -0.1) is 0 Å². The van der Waals surface area contributed by atoms with Crippen molar-refractivity contribution in [2.45, 2.75) is 13.0 Å². The van der Waals surface area contributed by atoms with Gasteiger partial charge in [-0.2, -0.15) is 0 Å². The standard InChI is InChI=1S/C16H26N2O3/c1-19-15-6-3-5-14(16(15)20-2)13-17-7-4-8-18-9-11-21-12-10-18/h3,5-6,17H,4,7-13H2,1-2H3/p+2. The molecule has 0 spiro atoms. The molecule has 0 amide bonds. The van der Waals surface area contributed by atoms with Gasteiger partial charge in [0.15, 0.2) is 11.5 Å². The highest BCUT2D eigenvalue weighted by atomic mass is 16.5. The van der Waals surface area contributed by atoms with E-state index >= 15 is 0 Å². The zero-order valence-electron chi connectivity index (χ0n) is 13.2. The first kappa shape index (κ1) is 16.1. The second-order valence-electron chi connectivity index (χ2n) is 5.40. The molecule has 0 aliphatic carbocycles. The van der Waals surface area contributed by atoms with Gasteiger partial charge in [0.2, 0.25) is 0 Å². The summed E-state index contributed by atoms with van der Waals surface area (Å²) in [5, 5.41) is 2.34. The third kappa shape index (κ3) is 4.88. The van der Waals surface area contributed by atoms with E-state index < -0.39 is 0 Å². The van der Waals surface area contributed by atoms with E-state index in [9.17, 15) is 0 Å². The van der Waals surface area contributed by atoms with Crippen LogP contribution in [0.2, 0.25) is 0 Å². The minimum absolute atomic E-state index is 0.807. The van der Waals surface area contributed by atoms with E-state index in [4.69, 9.17) is 14.2 Å². The molecule has 2 rings (SSSR count). The molecule has 0 aromatic heterocycles. The molecule has 1 aliphatic heterocycles. The van der Waals surface area contributed by atoms with Crippen molar-refractivity contribution in [3.05, 3.63) is 23.8 Å². The predicted molar refractivity (Wildman–Crippen MR) is 81.0 cm³/mol. The van der Waals surface area contributed by atoms with E-state index in [0.29, 0.717) is 0 Å². The number of nitrogens with one attached hydrogen (secondary N) is 1. The zero-order valence-corrected chi connectivity index (χ0v) is 13.2. The number of hydrogen-bond acceptors (Lipinski definition) is 3. The van der Waals surface area contributed by atoms with E-state index in [1.165, 1.54) is 18.5 Å². The van der Waals surface area contributed by atoms with E-state index in [1.54, 1.807) is 19.1 Å². The molecule has 5 heteroatoms. The number of hydrogen-bond donors (Lipinski definition) is 2. The van der Waals surface area contributed by atoms with Crippen molar-refractivity contribution < 1.29 is 24.4 Å². The summed E-state index contributed by atoms with van der Waals surface area (Å²) in [6.45, 7) is 7.46. The van der Waals surface area contributed by atoms with Gasteiger partial charge in [-0.05, 0) is 12.1 Å². The van der Waals surface area contributed by atoms with Crippen LogP contribution in [0.4, 0.5) is 0 Å². The maximum atomic E-state index is 5.46. The monoisotopic (exact) mass is 296 g/mol. The molecule has 1 heterocycles. The molecule has 3 N–H and O–H groups in total. The summed E-state index contributed by atoms with van der Waals surface area (Å²) in [5.74, 6) is 1.66. The Kier molecular flexibility index (Phi) is 6.79. The van der Waals surface area contributed by atoms with Crippen LogP contribution in [-0.4, -0.2) is 53.6 Å². The summed E-state index contributed by atoms with van der Waals surface area (Å²) in [4.78, 5) is 1.67. The van der Waals surface area contributed by atoms with Crippen molar-refractivity contribution in [3.8, 4) is 11.5 Å². The molecule has 0 bridgehead atoms. The third-order valence-electron chi connectivity index (χ3n) is 3.99. The van der Waals surface area contributed by atoms with E-state index in [-0.39, 0.29) is 0 Å². The molecule has 1 saturated heterocycles. The quantitative estimate of drug-likeness (QED) is 0.610. The highest BCUT2D eigenvalue weighted by Gasteiger charge is 2.14. The number of ether oxygens (including phenoxy) is 3. The molecule has 1 aliphatic rings. The van der Waals surface area contributed by atoms with Crippen molar-refractivity contribution in [2.24, 2.45) is 0 Å². The summed E-state index contributed by atoms with van der Waals surface area (Å²) in [6.07, 6.45) is 1.24. The molecule has 0 saturated carbocycles. The second kappa shape index (κ2) is 8.87. The van der Waals surface area contributed by atoms with Crippen LogP contribution in [0.25, 0.3) is 0 Å². The Morgan fingerprint density at radius 3 is 2.71 bits per heavy atom. The van der Waals surface area contributed by atoms with Gasteiger partial charge in [-0.25, -0.2) is 0 Å². The second-order valence-corrected chi connectivity index (χ2v) is 5.40. The van der Waals surface area contributed by atoms with Gasteiger partial charge >= 0.3 is 0 Å². The molecule has 118 valence electrons. The summed E-state index contributed by atoms with van der Waals surface area (Å²) in [6, 6.07) is 6.05. The van der Waals surface area contributed by atoms with Crippen molar-refractivity contribution in [1.82, 2.24) is 0 Å². The topological polar surface area (TPSA) is 48.7 Å². The fourth-order valence-corrected chi connectivity index (χ4v) is 2.78.